The Hall–Kier alpha value is -4.76. The number of amides is 1. The number of rotatable bonds is 11. The number of alkyl halides is 2. The highest BCUT2D eigenvalue weighted by molar-refractivity contribution is 7.93. The number of anilines is 1. The van der Waals surface area contributed by atoms with Crippen LogP contribution in [0.1, 0.15) is 84.3 Å². The molecule has 5 aromatic rings. The van der Waals surface area contributed by atoms with E-state index in [-0.39, 0.29) is 50.6 Å². The van der Waals surface area contributed by atoms with E-state index in [0.29, 0.717) is 29.7 Å². The van der Waals surface area contributed by atoms with Crippen molar-refractivity contribution in [2.75, 3.05) is 11.4 Å². The van der Waals surface area contributed by atoms with Crippen molar-refractivity contribution in [2.24, 2.45) is 0 Å². The van der Waals surface area contributed by atoms with Gasteiger partial charge in [0.05, 0.1) is 57.5 Å². The molecule has 1 fully saturated rings. The molecule has 55 heavy (non-hydrogen) atoms. The summed E-state index contributed by atoms with van der Waals surface area (Å²) in [6.07, 6.45) is -2.84. The maximum atomic E-state index is 14.7. The summed E-state index contributed by atoms with van der Waals surface area (Å²) in [4.78, 5) is 32.7. The zero-order valence-electron chi connectivity index (χ0n) is 32.0. The van der Waals surface area contributed by atoms with Gasteiger partial charge in [0.25, 0.3) is 12.0 Å². The molecule has 0 saturated heterocycles. The van der Waals surface area contributed by atoms with Gasteiger partial charge in [0, 0.05) is 0 Å². The van der Waals surface area contributed by atoms with E-state index in [1.165, 1.54) is 23.8 Å². The number of carbonyl (C=O) groups is 1. The Morgan fingerprint density at radius 2 is 1.73 bits per heavy atom. The van der Waals surface area contributed by atoms with Gasteiger partial charge in [-0.2, -0.15) is 5.10 Å². The van der Waals surface area contributed by atoms with Gasteiger partial charge in [0.15, 0.2) is 5.82 Å². The number of fused-ring (bicyclic) bond motifs is 2. The molecule has 2 aromatic heterocycles. The van der Waals surface area contributed by atoms with Crippen molar-refractivity contribution in [3.8, 4) is 11.4 Å². The second-order valence-corrected chi connectivity index (χ2v) is 18.3. The van der Waals surface area contributed by atoms with Crippen LogP contribution in [0, 0.1) is 0 Å². The number of nitrogens with zero attached hydrogens (tertiary/aromatic N) is 5. The van der Waals surface area contributed by atoms with E-state index in [2.05, 4.69) is 10.4 Å². The van der Waals surface area contributed by atoms with Crippen molar-refractivity contribution < 1.29 is 31.5 Å². The number of halogens is 3. The molecule has 0 radical (unpaired) electrons. The normalized spacial score (nSPS) is 14.4. The van der Waals surface area contributed by atoms with E-state index in [4.69, 9.17) is 26.1 Å². The molecule has 3 aromatic carbocycles. The third kappa shape index (κ3) is 8.27. The Labute approximate surface area is 323 Å². The Kier molecular flexibility index (Phi) is 10.7. The van der Waals surface area contributed by atoms with E-state index in [0.717, 1.165) is 14.6 Å². The lowest BCUT2D eigenvalue weighted by atomic mass is 9.86. The summed E-state index contributed by atoms with van der Waals surface area (Å²) in [6, 6.07) is 14.1. The molecule has 1 atom stereocenters. The van der Waals surface area contributed by atoms with Crippen LogP contribution in [0.15, 0.2) is 59.4 Å². The number of benzene rings is 3. The predicted octanol–water partition coefficient (Wildman–Crippen LogP) is 8.04. The molecule has 1 amide bonds. The molecule has 2 heterocycles. The van der Waals surface area contributed by atoms with Gasteiger partial charge in [0.1, 0.15) is 23.7 Å². The van der Waals surface area contributed by atoms with Crippen molar-refractivity contribution in [1.82, 2.24) is 24.6 Å². The summed E-state index contributed by atoms with van der Waals surface area (Å²) >= 11 is 6.88. The first-order valence-corrected chi connectivity index (χ1v) is 19.8. The number of nitrogens with one attached hydrogen (secondary N) is 1. The zero-order chi connectivity index (χ0) is 40.2. The van der Waals surface area contributed by atoms with Crippen LogP contribution in [0.3, 0.4) is 0 Å². The second kappa shape index (κ2) is 14.7. The largest absolute Gasteiger partial charge is 0.497 e. The maximum absolute atomic E-state index is 14.7. The van der Waals surface area contributed by atoms with Gasteiger partial charge in [-0.15, -0.1) is 0 Å². The minimum Gasteiger partial charge on any atom is -0.497 e. The number of alkyl carbamates (subject to hydrolysis) is 1. The molecule has 1 saturated carbocycles. The number of methoxy groups -OCH3 is 1. The van der Waals surface area contributed by atoms with Crippen LogP contribution in [-0.4, -0.2) is 58.2 Å². The number of ether oxygens (including phenoxy) is 2. The molecular weight excluding hydrogens is 754 g/mol. The van der Waals surface area contributed by atoms with Crippen molar-refractivity contribution in [2.45, 2.75) is 103 Å². The SMILES string of the molecule is COc1ccc(CN(c2nn(CC(F)F)c3c(-n4c([C@H](C)NC(=O)OC(C)(C)C)nc5cc(C(C)(C)C)ccc5c4=O)ccc(Cl)c23)S(=O)(=O)C2CC2)cc1. The fourth-order valence-electron chi connectivity index (χ4n) is 6.33. The predicted molar refractivity (Wildman–Crippen MR) is 209 cm³/mol. The summed E-state index contributed by atoms with van der Waals surface area (Å²) in [6.45, 7) is 11.7. The lowest BCUT2D eigenvalue weighted by Gasteiger charge is -2.24. The minimum absolute atomic E-state index is 0.0196. The third-order valence-electron chi connectivity index (χ3n) is 9.21. The first-order valence-electron chi connectivity index (χ1n) is 17.9. The summed E-state index contributed by atoms with van der Waals surface area (Å²) in [5.74, 6) is 0.461. The Morgan fingerprint density at radius 3 is 2.31 bits per heavy atom. The number of sulfonamides is 1. The zero-order valence-corrected chi connectivity index (χ0v) is 33.6. The molecule has 0 bridgehead atoms. The van der Waals surface area contributed by atoms with Crippen LogP contribution in [0.2, 0.25) is 5.02 Å². The molecular formula is C39H45ClF2N6O6S. The molecule has 1 aliphatic carbocycles. The van der Waals surface area contributed by atoms with E-state index in [1.54, 1.807) is 64.1 Å². The molecule has 1 N–H and O–H groups in total. The highest BCUT2D eigenvalue weighted by atomic mass is 35.5. The lowest BCUT2D eigenvalue weighted by molar-refractivity contribution is 0.0505. The van der Waals surface area contributed by atoms with E-state index >= 15 is 0 Å². The molecule has 1 aliphatic rings. The minimum atomic E-state index is -4.06. The molecule has 0 unspecified atom stereocenters. The summed E-state index contributed by atoms with van der Waals surface area (Å²) in [5.41, 5.74) is 0.204. The number of hydrogen-bond donors (Lipinski definition) is 1. The number of hydrogen-bond acceptors (Lipinski definition) is 8. The molecule has 294 valence electrons. The van der Waals surface area contributed by atoms with Crippen molar-refractivity contribution in [1.29, 1.82) is 0 Å². The van der Waals surface area contributed by atoms with Gasteiger partial charge in [-0.05, 0) is 93.5 Å². The molecule has 6 rings (SSSR count). The highest BCUT2D eigenvalue weighted by Gasteiger charge is 2.42. The summed E-state index contributed by atoms with van der Waals surface area (Å²) < 4.78 is 71.2. The van der Waals surface area contributed by atoms with Gasteiger partial charge in [-0.1, -0.05) is 50.6 Å². The standard InChI is InChI=1S/C39H45ClF2N6O6S/c1-22(43-37(50)54-39(5,6)7)34-44-29-19-24(38(2,3)4)11-16-27(29)36(49)48(34)30-18-17-28(40)32-33(30)46(21-31(41)42)45-35(32)47(55(51,52)26-14-15-26)20-23-9-12-25(53-8)13-10-23/h9-13,16-19,22,26,31H,14-15,20-21H2,1-8H3,(H,43,50)/t22-/m0/s1. The van der Waals surface area contributed by atoms with Gasteiger partial charge >= 0.3 is 6.09 Å². The van der Waals surface area contributed by atoms with Crippen LogP contribution in [0.25, 0.3) is 27.5 Å². The van der Waals surface area contributed by atoms with Crippen LogP contribution in [0.4, 0.5) is 19.4 Å². The monoisotopic (exact) mass is 798 g/mol. The molecule has 12 nitrogen and oxygen atoms in total. The average Bonchev–Trinajstić information content (AvgIpc) is 3.89. The quantitative estimate of drug-likeness (QED) is 0.142. The highest BCUT2D eigenvalue weighted by Crippen LogP contribution is 2.42. The lowest BCUT2D eigenvalue weighted by Crippen LogP contribution is -2.37. The Bertz CT molecular complexity index is 2430. The van der Waals surface area contributed by atoms with Gasteiger partial charge in [-0.25, -0.2) is 31.3 Å². The fraction of sp³-hybridized carbons (Fsp3) is 0.436. The van der Waals surface area contributed by atoms with Crippen LogP contribution in [0.5, 0.6) is 5.75 Å². The van der Waals surface area contributed by atoms with E-state index < -0.39 is 51.5 Å². The van der Waals surface area contributed by atoms with Crippen LogP contribution < -0.4 is 19.9 Å². The third-order valence-corrected chi connectivity index (χ3v) is 11.8. The summed E-state index contributed by atoms with van der Waals surface area (Å²) in [7, 11) is -2.55. The molecule has 16 heteroatoms. The summed E-state index contributed by atoms with van der Waals surface area (Å²) in [5, 5.41) is 6.88. The second-order valence-electron chi connectivity index (χ2n) is 15.7. The van der Waals surface area contributed by atoms with E-state index in [9.17, 15) is 26.8 Å². The Morgan fingerprint density at radius 1 is 1.05 bits per heavy atom. The maximum Gasteiger partial charge on any atom is 0.408 e. The first kappa shape index (κ1) is 39.9. The average molecular weight is 799 g/mol. The molecule has 0 aliphatic heterocycles. The smallest absolute Gasteiger partial charge is 0.408 e. The Balaban J connectivity index is 1.64. The topological polar surface area (TPSA) is 138 Å². The van der Waals surface area contributed by atoms with Gasteiger partial charge in [0.2, 0.25) is 10.0 Å². The van der Waals surface area contributed by atoms with Crippen LogP contribution >= 0.6 is 11.6 Å². The van der Waals surface area contributed by atoms with Gasteiger partial charge < -0.3 is 14.8 Å². The first-order chi connectivity index (χ1) is 25.7. The molecule has 0 spiro atoms. The number of carbonyl (C=O) groups excluding carboxylic acids is 1. The van der Waals surface area contributed by atoms with E-state index in [1.807, 2.05) is 26.8 Å². The van der Waals surface area contributed by atoms with Crippen molar-refractivity contribution in [3.05, 3.63) is 86.9 Å². The fourth-order valence-corrected chi connectivity index (χ4v) is 8.36. The number of aromatic nitrogens is 4. The van der Waals surface area contributed by atoms with Crippen molar-refractivity contribution in [3.63, 3.8) is 0 Å². The van der Waals surface area contributed by atoms with Crippen molar-refractivity contribution >= 4 is 55.3 Å². The van der Waals surface area contributed by atoms with Gasteiger partial charge in [-0.3, -0.25) is 14.0 Å². The van der Waals surface area contributed by atoms with Crippen LogP contribution in [-0.2, 0) is 33.3 Å².